The number of nitrogens with one attached hydrogen (secondary N) is 2. The number of amides is 3. The molecule has 0 radical (unpaired) electrons. The molecule has 0 spiro atoms. The van der Waals surface area contributed by atoms with Crippen molar-refractivity contribution in [2.75, 3.05) is 39.7 Å². The van der Waals surface area contributed by atoms with E-state index in [1.165, 1.54) is 38.3 Å². The van der Waals surface area contributed by atoms with E-state index in [2.05, 4.69) is 10.6 Å². The van der Waals surface area contributed by atoms with Crippen LogP contribution >= 0.6 is 11.6 Å². The predicted molar refractivity (Wildman–Crippen MR) is 110 cm³/mol. The minimum absolute atomic E-state index is 0.188. The zero-order valence-corrected chi connectivity index (χ0v) is 17.1. The van der Waals surface area contributed by atoms with Gasteiger partial charge in [-0.15, -0.1) is 0 Å². The van der Waals surface area contributed by atoms with Crippen molar-refractivity contribution in [3.63, 3.8) is 0 Å². The van der Waals surface area contributed by atoms with Crippen molar-refractivity contribution in [3.05, 3.63) is 53.1 Å². The van der Waals surface area contributed by atoms with Gasteiger partial charge in [-0.1, -0.05) is 23.7 Å². The van der Waals surface area contributed by atoms with E-state index in [0.29, 0.717) is 22.2 Å². The third-order valence-corrected chi connectivity index (χ3v) is 4.30. The van der Waals surface area contributed by atoms with Crippen molar-refractivity contribution in [1.82, 2.24) is 10.2 Å². The highest BCUT2D eigenvalue weighted by atomic mass is 35.5. The minimum atomic E-state index is -0.468. The topological polar surface area (TPSA) is 97.0 Å². The molecular formula is C20H22ClN3O5. The molecule has 0 heterocycles. The molecule has 0 saturated carbocycles. The first-order valence-electron chi connectivity index (χ1n) is 8.63. The number of hydrogen-bond donors (Lipinski definition) is 2. The van der Waals surface area contributed by atoms with Crippen LogP contribution in [0.25, 0.3) is 0 Å². The summed E-state index contributed by atoms with van der Waals surface area (Å²) < 4.78 is 10.2. The van der Waals surface area contributed by atoms with Crippen molar-refractivity contribution in [1.29, 1.82) is 0 Å². The Morgan fingerprint density at radius 2 is 1.66 bits per heavy atom. The number of halogens is 1. The van der Waals surface area contributed by atoms with Gasteiger partial charge >= 0.3 is 0 Å². The lowest BCUT2D eigenvalue weighted by Gasteiger charge is -2.17. The van der Waals surface area contributed by atoms with E-state index >= 15 is 0 Å². The summed E-state index contributed by atoms with van der Waals surface area (Å²) in [4.78, 5) is 37.9. The summed E-state index contributed by atoms with van der Waals surface area (Å²) in [6.45, 7) is -0.457. The van der Waals surface area contributed by atoms with Gasteiger partial charge in [-0.2, -0.15) is 0 Å². The van der Waals surface area contributed by atoms with E-state index < -0.39 is 17.7 Å². The molecule has 0 atom stereocenters. The summed E-state index contributed by atoms with van der Waals surface area (Å²) >= 11 is 5.99. The molecule has 0 aliphatic heterocycles. The van der Waals surface area contributed by atoms with Crippen molar-refractivity contribution in [2.45, 2.75) is 0 Å². The molecule has 0 aromatic heterocycles. The van der Waals surface area contributed by atoms with E-state index in [1.54, 1.807) is 30.3 Å². The first-order valence-corrected chi connectivity index (χ1v) is 9.01. The Hall–Kier alpha value is -3.26. The van der Waals surface area contributed by atoms with Gasteiger partial charge in [0.2, 0.25) is 11.8 Å². The zero-order valence-electron chi connectivity index (χ0n) is 16.3. The summed E-state index contributed by atoms with van der Waals surface area (Å²) in [5.74, 6) is -0.395. The number of anilines is 1. The number of carbonyl (C=O) groups excluding carboxylic acids is 3. The van der Waals surface area contributed by atoms with Crippen molar-refractivity contribution < 1.29 is 23.9 Å². The van der Waals surface area contributed by atoms with Gasteiger partial charge in [0.25, 0.3) is 5.91 Å². The number of ether oxygens (including phenoxy) is 2. The maximum atomic E-state index is 12.3. The van der Waals surface area contributed by atoms with Crippen LogP contribution in [0.4, 0.5) is 5.69 Å². The Kier molecular flexibility index (Phi) is 7.85. The summed E-state index contributed by atoms with van der Waals surface area (Å²) in [6, 6.07) is 11.5. The highest BCUT2D eigenvalue weighted by Crippen LogP contribution is 2.22. The van der Waals surface area contributed by atoms with E-state index in [-0.39, 0.29) is 18.7 Å². The number of rotatable bonds is 8. The SMILES string of the molecule is COc1cc(OC)cc(C(=O)NCC(=O)N(C)CC(=O)Nc2ccccc2Cl)c1. The van der Waals surface area contributed by atoms with Gasteiger partial charge in [-0.3, -0.25) is 14.4 Å². The molecule has 0 fully saturated rings. The maximum absolute atomic E-state index is 12.3. The van der Waals surface area contributed by atoms with Gasteiger partial charge in [0.15, 0.2) is 0 Å². The standard InChI is InChI=1S/C20H22ClN3O5/c1-24(12-18(25)23-17-7-5-4-6-16(17)21)19(26)11-22-20(27)13-8-14(28-2)10-15(9-13)29-3/h4-10H,11-12H2,1-3H3,(H,22,27)(H,23,25). The highest BCUT2D eigenvalue weighted by Gasteiger charge is 2.16. The normalized spacial score (nSPS) is 10.1. The van der Waals surface area contributed by atoms with Crippen LogP contribution in [-0.2, 0) is 9.59 Å². The highest BCUT2D eigenvalue weighted by molar-refractivity contribution is 6.33. The number of para-hydroxylation sites is 1. The lowest BCUT2D eigenvalue weighted by Crippen LogP contribution is -2.41. The maximum Gasteiger partial charge on any atom is 0.251 e. The second-order valence-electron chi connectivity index (χ2n) is 6.06. The van der Waals surface area contributed by atoms with Crippen LogP contribution in [0.3, 0.4) is 0 Å². The van der Waals surface area contributed by atoms with E-state index in [4.69, 9.17) is 21.1 Å². The molecule has 0 bridgehead atoms. The molecule has 2 N–H and O–H groups in total. The minimum Gasteiger partial charge on any atom is -0.497 e. The monoisotopic (exact) mass is 419 g/mol. The molecule has 2 rings (SSSR count). The van der Waals surface area contributed by atoms with Gasteiger partial charge in [0.1, 0.15) is 11.5 Å². The Labute approximate surface area is 173 Å². The molecule has 29 heavy (non-hydrogen) atoms. The van der Waals surface area contributed by atoms with E-state index in [1.807, 2.05) is 0 Å². The van der Waals surface area contributed by atoms with Crippen LogP contribution < -0.4 is 20.1 Å². The van der Waals surface area contributed by atoms with Crippen molar-refractivity contribution in [2.24, 2.45) is 0 Å². The largest absolute Gasteiger partial charge is 0.497 e. The van der Waals surface area contributed by atoms with Gasteiger partial charge in [0.05, 0.1) is 38.0 Å². The molecule has 8 nitrogen and oxygen atoms in total. The van der Waals surface area contributed by atoms with Gasteiger partial charge in [-0.25, -0.2) is 0 Å². The quantitative estimate of drug-likeness (QED) is 0.683. The first-order chi connectivity index (χ1) is 13.8. The fourth-order valence-electron chi connectivity index (χ4n) is 2.39. The first kappa shape index (κ1) is 22.0. The van der Waals surface area contributed by atoms with Crippen molar-refractivity contribution in [3.8, 4) is 11.5 Å². The Morgan fingerprint density at radius 3 is 2.24 bits per heavy atom. The molecule has 0 aliphatic rings. The van der Waals surface area contributed by atoms with E-state index in [9.17, 15) is 14.4 Å². The number of methoxy groups -OCH3 is 2. The fraction of sp³-hybridized carbons (Fsp3) is 0.250. The van der Waals surface area contributed by atoms with Crippen molar-refractivity contribution >= 4 is 35.0 Å². The third kappa shape index (κ3) is 6.39. The van der Waals surface area contributed by atoms with Crippen LogP contribution in [0.1, 0.15) is 10.4 Å². The summed E-state index contributed by atoms with van der Waals surface area (Å²) in [5.41, 5.74) is 0.744. The number of hydrogen-bond acceptors (Lipinski definition) is 5. The van der Waals surface area contributed by atoms with Gasteiger partial charge in [-0.05, 0) is 24.3 Å². The molecule has 2 aromatic rings. The van der Waals surface area contributed by atoms with Crippen LogP contribution in [0.5, 0.6) is 11.5 Å². The number of nitrogens with zero attached hydrogens (tertiary/aromatic N) is 1. The molecular weight excluding hydrogens is 398 g/mol. The Balaban J connectivity index is 1.89. The predicted octanol–water partition coefficient (Wildman–Crippen LogP) is 2.18. The van der Waals surface area contributed by atoms with Crippen LogP contribution in [0.2, 0.25) is 5.02 Å². The van der Waals surface area contributed by atoms with Crippen LogP contribution in [-0.4, -0.2) is 57.0 Å². The summed E-state index contributed by atoms with van der Waals surface area (Å²) in [7, 11) is 4.42. The average molecular weight is 420 g/mol. The zero-order chi connectivity index (χ0) is 21.4. The van der Waals surface area contributed by atoms with E-state index in [0.717, 1.165) is 0 Å². The van der Waals surface area contributed by atoms with Gasteiger partial charge < -0.3 is 25.0 Å². The average Bonchev–Trinajstić information content (AvgIpc) is 2.72. The Bertz CT molecular complexity index is 881. The number of likely N-dealkylation sites (N-methyl/N-ethyl adjacent to an activating group) is 1. The fourth-order valence-corrected chi connectivity index (χ4v) is 2.57. The number of benzene rings is 2. The van der Waals surface area contributed by atoms with Crippen LogP contribution in [0.15, 0.2) is 42.5 Å². The molecule has 9 heteroatoms. The van der Waals surface area contributed by atoms with Crippen LogP contribution in [0, 0.1) is 0 Å². The summed E-state index contributed by atoms with van der Waals surface area (Å²) in [5, 5.41) is 5.55. The van der Waals surface area contributed by atoms with Gasteiger partial charge in [0, 0.05) is 18.7 Å². The summed E-state index contributed by atoms with van der Waals surface area (Å²) in [6.07, 6.45) is 0. The third-order valence-electron chi connectivity index (χ3n) is 3.97. The smallest absolute Gasteiger partial charge is 0.251 e. The number of carbonyl (C=O) groups is 3. The second-order valence-corrected chi connectivity index (χ2v) is 6.47. The molecule has 2 aromatic carbocycles. The lowest BCUT2D eigenvalue weighted by atomic mass is 10.2. The molecule has 3 amide bonds. The molecule has 154 valence electrons. The molecule has 0 unspecified atom stereocenters. The lowest BCUT2D eigenvalue weighted by molar-refractivity contribution is -0.132. The molecule has 0 saturated heterocycles. The Morgan fingerprint density at radius 1 is 1.03 bits per heavy atom. The molecule has 0 aliphatic carbocycles. The second kappa shape index (κ2) is 10.3.